The van der Waals surface area contributed by atoms with Crippen LogP contribution in [0.3, 0.4) is 0 Å². The minimum Gasteiger partial charge on any atom is -0.444 e. The first kappa shape index (κ1) is 23.7. The molecule has 0 aliphatic carbocycles. The summed E-state index contributed by atoms with van der Waals surface area (Å²) in [6.07, 6.45) is -2.21. The van der Waals surface area contributed by atoms with Gasteiger partial charge >= 0.3 is 12.2 Å². The Morgan fingerprint density at radius 2 is 1.43 bits per heavy atom. The molecule has 0 heterocycles. The number of alkyl carbamates (subject to hydrolysis) is 1. The van der Waals surface area contributed by atoms with Gasteiger partial charge in [0.2, 0.25) is 5.96 Å². The Morgan fingerprint density at radius 3 is 1.86 bits per heavy atom. The Morgan fingerprint density at radius 1 is 0.964 bits per heavy atom. The van der Waals surface area contributed by atoms with E-state index in [1.165, 1.54) is 18.2 Å². The van der Waals surface area contributed by atoms with Gasteiger partial charge in [-0.3, -0.25) is 15.5 Å². The molecule has 8 nitrogen and oxygen atoms in total. The molecule has 0 saturated carbocycles. The van der Waals surface area contributed by atoms with Crippen LogP contribution < -0.4 is 5.32 Å². The van der Waals surface area contributed by atoms with Crippen molar-refractivity contribution in [3.63, 3.8) is 0 Å². The van der Waals surface area contributed by atoms with Crippen molar-refractivity contribution in [1.82, 2.24) is 10.2 Å². The van der Waals surface area contributed by atoms with Crippen LogP contribution in [0.1, 0.15) is 51.9 Å². The molecule has 0 aromatic heterocycles. The number of ether oxygens (including phenoxy) is 2. The Balaban J connectivity index is 3.26. The number of benzene rings is 1. The standard InChI is InChI=1S/C18H23Cl2N3O5/c1-17(2,3)27-15(25)22-14(21)23(16(26)28-18(4,5)6)13(24)12-10(19)8-7-9-11(12)20/h7-9H,1-6H3,(H2,21,22,25). The molecule has 0 atom stereocenters. The van der Waals surface area contributed by atoms with Crippen molar-refractivity contribution >= 4 is 47.3 Å². The van der Waals surface area contributed by atoms with Crippen LogP contribution in [0.5, 0.6) is 0 Å². The fourth-order valence-electron chi connectivity index (χ4n) is 1.85. The van der Waals surface area contributed by atoms with Gasteiger partial charge in [0.15, 0.2) is 0 Å². The zero-order chi connectivity index (χ0) is 21.9. The summed E-state index contributed by atoms with van der Waals surface area (Å²) in [6, 6.07) is 4.32. The minimum atomic E-state index is -1.19. The van der Waals surface area contributed by atoms with E-state index < -0.39 is 35.3 Å². The van der Waals surface area contributed by atoms with E-state index in [9.17, 15) is 14.4 Å². The molecule has 0 saturated heterocycles. The van der Waals surface area contributed by atoms with Crippen LogP contribution in [0.15, 0.2) is 18.2 Å². The highest BCUT2D eigenvalue weighted by atomic mass is 35.5. The van der Waals surface area contributed by atoms with Gasteiger partial charge in [0.25, 0.3) is 5.91 Å². The molecule has 0 aliphatic heterocycles. The zero-order valence-corrected chi connectivity index (χ0v) is 18.0. The Kier molecular flexibility index (Phi) is 7.45. The number of imide groups is 1. The topological polar surface area (TPSA) is 109 Å². The smallest absolute Gasteiger partial charge is 0.424 e. The quantitative estimate of drug-likeness (QED) is 0.488. The molecule has 154 valence electrons. The number of nitrogens with one attached hydrogen (secondary N) is 2. The van der Waals surface area contributed by atoms with E-state index >= 15 is 0 Å². The van der Waals surface area contributed by atoms with E-state index in [1.54, 1.807) is 41.5 Å². The second-order valence-corrected chi connectivity index (χ2v) is 8.51. The van der Waals surface area contributed by atoms with Crippen molar-refractivity contribution in [1.29, 1.82) is 5.41 Å². The molecule has 0 radical (unpaired) electrons. The number of carbonyl (C=O) groups excluding carboxylic acids is 3. The third kappa shape index (κ3) is 7.01. The van der Waals surface area contributed by atoms with Crippen molar-refractivity contribution < 1.29 is 23.9 Å². The number of hydrogen-bond donors (Lipinski definition) is 2. The molecule has 28 heavy (non-hydrogen) atoms. The highest BCUT2D eigenvalue weighted by Gasteiger charge is 2.35. The largest absolute Gasteiger partial charge is 0.444 e. The number of guanidine groups is 1. The predicted octanol–water partition coefficient (Wildman–Crippen LogP) is 4.83. The minimum absolute atomic E-state index is 0.0314. The summed E-state index contributed by atoms with van der Waals surface area (Å²) in [5, 5.41) is 10.0. The average molecular weight is 432 g/mol. The molecule has 1 aromatic rings. The molecule has 1 aromatic carbocycles. The number of carbonyl (C=O) groups is 3. The molecule has 0 bridgehead atoms. The number of hydrogen-bond acceptors (Lipinski definition) is 6. The van der Waals surface area contributed by atoms with Crippen LogP contribution in [0, 0.1) is 5.41 Å². The van der Waals surface area contributed by atoms with Crippen LogP contribution in [-0.4, -0.2) is 40.2 Å². The van der Waals surface area contributed by atoms with E-state index in [4.69, 9.17) is 38.1 Å². The maximum atomic E-state index is 12.9. The van der Waals surface area contributed by atoms with E-state index in [0.717, 1.165) is 0 Å². The number of rotatable bonds is 1. The lowest BCUT2D eigenvalue weighted by molar-refractivity contribution is 0.0341. The van der Waals surface area contributed by atoms with Gasteiger partial charge in [0.05, 0.1) is 15.6 Å². The summed E-state index contributed by atoms with van der Waals surface area (Å²) in [5.41, 5.74) is -2.03. The third-order valence-electron chi connectivity index (χ3n) is 2.80. The van der Waals surface area contributed by atoms with Crippen molar-refractivity contribution in [2.45, 2.75) is 52.7 Å². The first-order valence-electron chi connectivity index (χ1n) is 8.22. The number of nitrogens with zero attached hydrogens (tertiary/aromatic N) is 1. The molecule has 0 unspecified atom stereocenters. The third-order valence-corrected chi connectivity index (χ3v) is 3.43. The lowest BCUT2D eigenvalue weighted by Crippen LogP contribution is -2.52. The molecule has 1 rings (SSSR count). The van der Waals surface area contributed by atoms with E-state index in [2.05, 4.69) is 0 Å². The monoisotopic (exact) mass is 431 g/mol. The van der Waals surface area contributed by atoms with E-state index in [0.29, 0.717) is 4.90 Å². The molecule has 0 aliphatic rings. The second-order valence-electron chi connectivity index (χ2n) is 7.69. The SMILES string of the molecule is CC(C)(C)OC(=O)NC(=N)N(C(=O)OC(C)(C)C)C(=O)c1c(Cl)cccc1Cl. The van der Waals surface area contributed by atoms with Crippen molar-refractivity contribution in [2.75, 3.05) is 0 Å². The molecule has 3 amide bonds. The van der Waals surface area contributed by atoms with Crippen LogP contribution in [0.4, 0.5) is 9.59 Å². The van der Waals surface area contributed by atoms with Gasteiger partial charge in [-0.25, -0.2) is 9.59 Å². The van der Waals surface area contributed by atoms with Gasteiger partial charge in [-0.2, -0.15) is 4.90 Å². The zero-order valence-electron chi connectivity index (χ0n) is 16.5. The van der Waals surface area contributed by atoms with Gasteiger partial charge in [-0.1, -0.05) is 29.3 Å². The van der Waals surface area contributed by atoms with Gasteiger partial charge in [-0.15, -0.1) is 0 Å². The lowest BCUT2D eigenvalue weighted by Gasteiger charge is -2.27. The van der Waals surface area contributed by atoms with E-state index in [-0.39, 0.29) is 15.6 Å². The predicted molar refractivity (Wildman–Crippen MR) is 106 cm³/mol. The fourth-order valence-corrected chi connectivity index (χ4v) is 2.41. The average Bonchev–Trinajstić information content (AvgIpc) is 2.42. The number of halogens is 2. The molecule has 0 spiro atoms. The molecule has 2 N–H and O–H groups in total. The first-order valence-corrected chi connectivity index (χ1v) is 8.98. The normalized spacial score (nSPS) is 11.4. The van der Waals surface area contributed by atoms with Crippen LogP contribution >= 0.6 is 23.2 Å². The second kappa shape index (κ2) is 8.79. The van der Waals surface area contributed by atoms with Crippen molar-refractivity contribution in [3.8, 4) is 0 Å². The van der Waals surface area contributed by atoms with Crippen LogP contribution in [0.2, 0.25) is 10.0 Å². The number of amides is 3. The first-order chi connectivity index (χ1) is 12.6. The van der Waals surface area contributed by atoms with Crippen LogP contribution in [0.25, 0.3) is 0 Å². The summed E-state index contributed by atoms with van der Waals surface area (Å²) in [6.45, 7) is 9.62. The maximum absolute atomic E-state index is 12.9. The summed E-state index contributed by atoms with van der Waals surface area (Å²) in [4.78, 5) is 37.8. The molecule has 0 fully saturated rings. The summed E-state index contributed by atoms with van der Waals surface area (Å²) >= 11 is 12.1. The molecular weight excluding hydrogens is 409 g/mol. The summed E-state index contributed by atoms with van der Waals surface area (Å²) in [5.74, 6) is -1.91. The van der Waals surface area contributed by atoms with E-state index in [1.807, 2.05) is 5.32 Å². The van der Waals surface area contributed by atoms with Gasteiger partial charge < -0.3 is 9.47 Å². The fraction of sp³-hybridized carbons (Fsp3) is 0.444. The van der Waals surface area contributed by atoms with Gasteiger partial charge in [0.1, 0.15) is 11.2 Å². The lowest BCUT2D eigenvalue weighted by atomic mass is 10.2. The van der Waals surface area contributed by atoms with Crippen molar-refractivity contribution in [2.24, 2.45) is 0 Å². The molecular formula is C18H23Cl2N3O5. The summed E-state index contributed by atoms with van der Waals surface area (Å²) < 4.78 is 10.2. The Labute approximate surface area is 173 Å². The van der Waals surface area contributed by atoms with Crippen LogP contribution in [-0.2, 0) is 9.47 Å². The van der Waals surface area contributed by atoms with Gasteiger partial charge in [-0.05, 0) is 53.7 Å². The molecule has 10 heteroatoms. The highest BCUT2D eigenvalue weighted by Crippen LogP contribution is 2.26. The van der Waals surface area contributed by atoms with Gasteiger partial charge in [0, 0.05) is 0 Å². The maximum Gasteiger partial charge on any atom is 0.424 e. The summed E-state index contributed by atoms with van der Waals surface area (Å²) in [7, 11) is 0. The Hall–Kier alpha value is -2.32. The Bertz CT molecular complexity index is 777. The van der Waals surface area contributed by atoms with Crippen molar-refractivity contribution in [3.05, 3.63) is 33.8 Å². The highest BCUT2D eigenvalue weighted by molar-refractivity contribution is 6.40.